The van der Waals surface area contributed by atoms with Gasteiger partial charge in [0.15, 0.2) is 0 Å². The van der Waals surface area contributed by atoms with E-state index in [0.29, 0.717) is 17.4 Å². The first-order chi connectivity index (χ1) is 12.5. The average Bonchev–Trinajstić information content (AvgIpc) is 3.15. The zero-order valence-electron chi connectivity index (χ0n) is 15.4. The van der Waals surface area contributed by atoms with Crippen molar-refractivity contribution < 1.29 is 45.2 Å². The van der Waals surface area contributed by atoms with Gasteiger partial charge in [-0.3, -0.25) is 0 Å². The number of alkyl halides is 6. The number of rotatable bonds is 1. The Morgan fingerprint density at radius 3 is 2.00 bits per heavy atom. The number of hydrogen-bond acceptors (Lipinski definition) is 0. The van der Waals surface area contributed by atoms with E-state index in [1.165, 1.54) is 0 Å². The van der Waals surface area contributed by atoms with E-state index in [2.05, 4.69) is 0 Å². The number of hydrogen-bond donors (Lipinski definition) is 0. The van der Waals surface area contributed by atoms with E-state index in [9.17, 15) is 26.3 Å². The molecule has 0 saturated carbocycles. The first-order valence-electron chi connectivity index (χ1n) is 8.56. The van der Waals surface area contributed by atoms with E-state index in [-0.39, 0.29) is 30.5 Å². The largest absolute Gasteiger partial charge is 1.00 e. The van der Waals surface area contributed by atoms with Crippen LogP contribution in [-0.2, 0) is 25.2 Å². The maximum Gasteiger partial charge on any atom is 1.00 e. The topological polar surface area (TPSA) is 0 Å². The van der Waals surface area contributed by atoms with Crippen LogP contribution in [0.3, 0.4) is 0 Å². The minimum absolute atomic E-state index is 0. The smallest absolute Gasteiger partial charge is 0.166 e. The van der Waals surface area contributed by atoms with Crippen LogP contribution in [-0.4, -0.2) is 0 Å². The molecule has 3 aromatic carbocycles. The van der Waals surface area contributed by atoms with Crippen LogP contribution in [0, 0.1) is 6.92 Å². The molecule has 0 aromatic heterocycles. The molecule has 1 aliphatic carbocycles. The molecule has 0 N–H and O–H groups in total. The molecule has 0 spiro atoms. The van der Waals surface area contributed by atoms with Gasteiger partial charge in [0.2, 0.25) is 0 Å². The molecule has 0 bridgehead atoms. The molecule has 1 aliphatic rings. The fourth-order valence-electron chi connectivity index (χ4n) is 4.00. The third-order valence-corrected chi connectivity index (χ3v) is 5.10. The van der Waals surface area contributed by atoms with Crippen molar-refractivity contribution in [2.75, 3.05) is 0 Å². The van der Waals surface area contributed by atoms with Gasteiger partial charge in [-0.25, -0.2) is 0 Å². The van der Waals surface area contributed by atoms with Crippen LogP contribution >= 0.6 is 0 Å². The van der Waals surface area contributed by atoms with Crippen LogP contribution < -0.4 is 18.9 Å². The Balaban J connectivity index is 0.00000225. The molecule has 3 aromatic rings. The minimum atomic E-state index is -4.85. The quantitative estimate of drug-likeness (QED) is 0.335. The van der Waals surface area contributed by atoms with Gasteiger partial charge in [0.05, 0.1) is 11.1 Å². The summed E-state index contributed by atoms with van der Waals surface area (Å²) in [7, 11) is 0. The van der Waals surface area contributed by atoms with E-state index in [1.807, 2.05) is 25.1 Å². The third kappa shape index (κ3) is 3.60. The Labute approximate surface area is 170 Å². The Kier molecular flexibility index (Phi) is 5.18. The summed E-state index contributed by atoms with van der Waals surface area (Å²) in [5.41, 5.74) is 0.725. The molecule has 0 heterocycles. The van der Waals surface area contributed by atoms with Gasteiger partial charge in [0.25, 0.3) is 0 Å². The standard InChI is InChI=1S/C21H15F6.Li/c1-11-5-13-7-12-3-2-4-17(12)19(18(13)6-11)14-8-15(20(22,23)24)10-16(9-14)21(25,26)27;/h5-10H,2-4H2,1H3;/q-1;+1. The average molecular weight is 388 g/mol. The summed E-state index contributed by atoms with van der Waals surface area (Å²) >= 11 is 0. The van der Waals surface area contributed by atoms with Gasteiger partial charge in [-0.05, 0) is 43.0 Å². The molecule has 0 nitrogen and oxygen atoms in total. The van der Waals surface area contributed by atoms with Crippen LogP contribution in [0.15, 0.2) is 36.4 Å². The van der Waals surface area contributed by atoms with E-state index in [1.54, 1.807) is 0 Å². The van der Waals surface area contributed by atoms with Crippen LogP contribution in [0.25, 0.3) is 21.9 Å². The minimum Gasteiger partial charge on any atom is -0.166 e. The van der Waals surface area contributed by atoms with Gasteiger partial charge in [0.1, 0.15) is 0 Å². The van der Waals surface area contributed by atoms with Crippen molar-refractivity contribution in [2.24, 2.45) is 0 Å². The fraction of sp³-hybridized carbons (Fsp3) is 0.286. The third-order valence-electron chi connectivity index (χ3n) is 5.10. The van der Waals surface area contributed by atoms with Gasteiger partial charge in [-0.15, -0.1) is 28.5 Å². The molecule has 0 radical (unpaired) electrons. The number of halogens is 6. The fourth-order valence-corrected chi connectivity index (χ4v) is 4.00. The predicted octanol–water partition coefficient (Wildman–Crippen LogP) is 4.06. The number of benzene rings is 2. The van der Waals surface area contributed by atoms with Gasteiger partial charge in [-0.1, -0.05) is 23.6 Å². The molecule has 0 atom stereocenters. The van der Waals surface area contributed by atoms with Crippen molar-refractivity contribution in [3.8, 4) is 11.1 Å². The van der Waals surface area contributed by atoms with Gasteiger partial charge in [0, 0.05) is 0 Å². The molecule has 0 aliphatic heterocycles. The van der Waals surface area contributed by atoms with Crippen molar-refractivity contribution in [2.45, 2.75) is 38.5 Å². The summed E-state index contributed by atoms with van der Waals surface area (Å²) in [5.74, 6) is 0. The summed E-state index contributed by atoms with van der Waals surface area (Å²) < 4.78 is 79.7. The predicted molar refractivity (Wildman–Crippen MR) is 91.7 cm³/mol. The van der Waals surface area contributed by atoms with Crippen LogP contribution in [0.1, 0.15) is 34.2 Å². The summed E-state index contributed by atoms with van der Waals surface area (Å²) in [6, 6.07) is 7.61. The maximum atomic E-state index is 13.3. The molecular formula is C21H15F6Li. The molecule has 0 fully saturated rings. The first-order valence-corrected chi connectivity index (χ1v) is 8.56. The van der Waals surface area contributed by atoms with E-state index in [0.717, 1.165) is 47.1 Å². The SMILES string of the molecule is Cc1cc2c(-c3cc(C(F)(F)F)cc(C(F)(F)F)c3)c3c(cc2[cH-]1)CCC3.[Li+]. The normalized spacial score (nSPS) is 14.2. The Morgan fingerprint density at radius 2 is 1.43 bits per heavy atom. The summed E-state index contributed by atoms with van der Waals surface area (Å²) in [6.07, 6.45) is -7.42. The second kappa shape index (κ2) is 6.93. The van der Waals surface area contributed by atoms with Crippen molar-refractivity contribution in [1.82, 2.24) is 0 Å². The van der Waals surface area contributed by atoms with Crippen molar-refractivity contribution in [3.63, 3.8) is 0 Å². The number of fused-ring (bicyclic) bond motifs is 2. The van der Waals surface area contributed by atoms with Crippen molar-refractivity contribution in [3.05, 3.63) is 64.2 Å². The Morgan fingerprint density at radius 1 is 0.821 bits per heavy atom. The zero-order valence-corrected chi connectivity index (χ0v) is 15.4. The molecule has 0 unspecified atom stereocenters. The van der Waals surface area contributed by atoms with E-state index >= 15 is 0 Å². The van der Waals surface area contributed by atoms with Crippen LogP contribution in [0.4, 0.5) is 26.3 Å². The number of aryl methyl sites for hydroxylation is 2. The van der Waals surface area contributed by atoms with Gasteiger partial charge >= 0.3 is 31.2 Å². The van der Waals surface area contributed by atoms with Crippen LogP contribution in [0.2, 0.25) is 0 Å². The molecule has 28 heavy (non-hydrogen) atoms. The molecule has 0 amide bonds. The Bertz CT molecular complexity index is 1010. The molecule has 0 saturated heterocycles. The van der Waals surface area contributed by atoms with E-state index < -0.39 is 23.5 Å². The molecule has 4 rings (SSSR count). The van der Waals surface area contributed by atoms with Gasteiger partial charge in [-0.2, -0.15) is 32.4 Å². The van der Waals surface area contributed by atoms with Crippen molar-refractivity contribution in [1.29, 1.82) is 0 Å². The molecule has 142 valence electrons. The molecular weight excluding hydrogens is 373 g/mol. The first kappa shape index (κ1) is 20.9. The summed E-state index contributed by atoms with van der Waals surface area (Å²) in [5, 5.41) is 1.56. The molecule has 7 heteroatoms. The Hall–Kier alpha value is -1.77. The second-order valence-corrected chi connectivity index (χ2v) is 7.07. The summed E-state index contributed by atoms with van der Waals surface area (Å²) in [4.78, 5) is 0. The maximum absolute atomic E-state index is 13.3. The zero-order chi connectivity index (χ0) is 19.6. The summed E-state index contributed by atoms with van der Waals surface area (Å²) in [6.45, 7) is 1.86. The van der Waals surface area contributed by atoms with Crippen molar-refractivity contribution >= 4 is 10.8 Å². The van der Waals surface area contributed by atoms with E-state index in [4.69, 9.17) is 0 Å². The second-order valence-electron chi connectivity index (χ2n) is 7.07. The van der Waals surface area contributed by atoms with Crippen LogP contribution in [0.5, 0.6) is 0 Å². The van der Waals surface area contributed by atoms with Gasteiger partial charge < -0.3 is 0 Å². The monoisotopic (exact) mass is 388 g/mol.